The van der Waals surface area contributed by atoms with Gasteiger partial charge in [-0.3, -0.25) is 9.59 Å². The number of benzene rings is 1. The third-order valence-electron chi connectivity index (χ3n) is 3.75. The van der Waals surface area contributed by atoms with E-state index in [1.165, 1.54) is 0 Å². The Morgan fingerprint density at radius 3 is 2.64 bits per heavy atom. The van der Waals surface area contributed by atoms with Gasteiger partial charge in [-0.15, -0.1) is 0 Å². The van der Waals surface area contributed by atoms with E-state index in [1.807, 2.05) is 24.3 Å². The molecule has 5 nitrogen and oxygen atoms in total. The Balaban J connectivity index is 2.68. The van der Waals surface area contributed by atoms with Gasteiger partial charge in [-0.05, 0) is 37.1 Å². The van der Waals surface area contributed by atoms with Crippen LogP contribution in [0.5, 0.6) is 5.75 Å². The van der Waals surface area contributed by atoms with E-state index in [0.29, 0.717) is 19.7 Å². The van der Waals surface area contributed by atoms with Crippen molar-refractivity contribution in [2.75, 3.05) is 26.8 Å². The van der Waals surface area contributed by atoms with Gasteiger partial charge in [0.15, 0.2) is 0 Å². The zero-order chi connectivity index (χ0) is 18.5. The summed E-state index contributed by atoms with van der Waals surface area (Å²) in [6.07, 6.45) is 6.60. The van der Waals surface area contributed by atoms with Crippen molar-refractivity contribution in [3.63, 3.8) is 0 Å². The predicted molar refractivity (Wildman–Crippen MR) is 99.4 cm³/mol. The van der Waals surface area contributed by atoms with Gasteiger partial charge in [0.05, 0.1) is 20.1 Å². The highest BCUT2D eigenvalue weighted by atomic mass is 16.5. The van der Waals surface area contributed by atoms with E-state index < -0.39 is 0 Å². The smallest absolute Gasteiger partial charge is 0.307 e. The van der Waals surface area contributed by atoms with Crippen LogP contribution in [0.2, 0.25) is 0 Å². The fraction of sp³-hybridized carbons (Fsp3) is 0.500. The third-order valence-corrected chi connectivity index (χ3v) is 3.75. The monoisotopic (exact) mass is 347 g/mol. The summed E-state index contributed by atoms with van der Waals surface area (Å²) in [6, 6.07) is 7.51. The second-order valence-electron chi connectivity index (χ2n) is 5.70. The van der Waals surface area contributed by atoms with Gasteiger partial charge in [-0.1, -0.05) is 31.9 Å². The van der Waals surface area contributed by atoms with Gasteiger partial charge in [0.25, 0.3) is 0 Å². The van der Waals surface area contributed by atoms with E-state index in [1.54, 1.807) is 31.1 Å². The summed E-state index contributed by atoms with van der Waals surface area (Å²) in [5.41, 5.74) is 0.895. The van der Waals surface area contributed by atoms with Crippen LogP contribution in [-0.4, -0.2) is 43.6 Å². The molecule has 0 unspecified atom stereocenters. The van der Waals surface area contributed by atoms with Gasteiger partial charge in [0, 0.05) is 19.2 Å². The first-order valence-electron chi connectivity index (χ1n) is 8.87. The zero-order valence-corrected chi connectivity index (χ0v) is 15.5. The van der Waals surface area contributed by atoms with E-state index in [0.717, 1.165) is 30.6 Å². The van der Waals surface area contributed by atoms with E-state index >= 15 is 0 Å². The van der Waals surface area contributed by atoms with E-state index in [2.05, 4.69) is 6.92 Å². The minimum atomic E-state index is -0.271. The lowest BCUT2D eigenvalue weighted by Gasteiger charge is -2.20. The molecule has 0 heterocycles. The summed E-state index contributed by atoms with van der Waals surface area (Å²) in [7, 11) is 1.61. The Bertz CT molecular complexity index is 569. The lowest BCUT2D eigenvalue weighted by Crippen LogP contribution is -2.33. The molecule has 1 amide bonds. The molecule has 0 aliphatic heterocycles. The molecule has 0 aliphatic rings. The molecule has 0 aromatic heterocycles. The first-order chi connectivity index (χ1) is 12.1. The number of methoxy groups -OCH3 is 1. The van der Waals surface area contributed by atoms with Crippen LogP contribution in [-0.2, 0) is 14.3 Å². The van der Waals surface area contributed by atoms with E-state index in [-0.39, 0.29) is 18.3 Å². The summed E-state index contributed by atoms with van der Waals surface area (Å²) in [6.45, 7) is 5.28. The van der Waals surface area contributed by atoms with Gasteiger partial charge in [0.2, 0.25) is 5.91 Å². The number of hydrogen-bond donors (Lipinski definition) is 0. The van der Waals surface area contributed by atoms with Crippen molar-refractivity contribution in [3.05, 3.63) is 35.9 Å². The second-order valence-corrected chi connectivity index (χ2v) is 5.70. The molecule has 5 heteroatoms. The number of rotatable bonds is 11. The Hall–Kier alpha value is -2.30. The van der Waals surface area contributed by atoms with Crippen LogP contribution >= 0.6 is 0 Å². The average molecular weight is 347 g/mol. The first kappa shape index (κ1) is 20.7. The molecule has 0 bridgehead atoms. The van der Waals surface area contributed by atoms with Gasteiger partial charge >= 0.3 is 5.97 Å². The molecule has 0 atom stereocenters. The molecule has 0 N–H and O–H groups in total. The molecule has 0 fully saturated rings. The van der Waals surface area contributed by atoms with Crippen LogP contribution in [0.25, 0.3) is 6.08 Å². The molecule has 1 rings (SSSR count). The Morgan fingerprint density at radius 2 is 1.96 bits per heavy atom. The molecular formula is C20H29NO4. The van der Waals surface area contributed by atoms with Crippen LogP contribution < -0.4 is 4.74 Å². The van der Waals surface area contributed by atoms with Crippen molar-refractivity contribution in [1.82, 2.24) is 4.90 Å². The molecule has 0 saturated heterocycles. The zero-order valence-electron chi connectivity index (χ0n) is 15.5. The maximum absolute atomic E-state index is 12.5. The number of amides is 1. The topological polar surface area (TPSA) is 55.8 Å². The molecule has 0 radical (unpaired) electrons. The van der Waals surface area contributed by atoms with Gasteiger partial charge in [0.1, 0.15) is 5.75 Å². The Kier molecular flexibility index (Phi) is 10.1. The van der Waals surface area contributed by atoms with Crippen molar-refractivity contribution in [2.45, 2.75) is 39.5 Å². The number of esters is 1. The number of hydrogen-bond acceptors (Lipinski definition) is 4. The summed E-state index contributed by atoms with van der Waals surface area (Å²) >= 11 is 0. The SMILES string of the molecule is CCCCCN(CCC(=O)OCC)C(=O)/C=C/c1cccc(OC)c1. The molecule has 25 heavy (non-hydrogen) atoms. The maximum atomic E-state index is 12.5. The Morgan fingerprint density at radius 1 is 1.16 bits per heavy atom. The molecule has 138 valence electrons. The summed E-state index contributed by atoms with van der Waals surface area (Å²) in [5.74, 6) is 0.382. The van der Waals surface area contributed by atoms with Gasteiger partial charge in [-0.2, -0.15) is 0 Å². The minimum absolute atomic E-state index is 0.0942. The van der Waals surface area contributed by atoms with Crippen molar-refractivity contribution in [1.29, 1.82) is 0 Å². The number of carbonyl (C=O) groups is 2. The molecule has 0 saturated carbocycles. The minimum Gasteiger partial charge on any atom is -0.497 e. The van der Waals surface area contributed by atoms with Crippen LogP contribution in [0.3, 0.4) is 0 Å². The predicted octanol–water partition coefficient (Wildman–Crippen LogP) is 3.68. The molecule has 1 aromatic rings. The molecular weight excluding hydrogens is 318 g/mol. The summed E-state index contributed by atoms with van der Waals surface area (Å²) in [5, 5.41) is 0. The largest absolute Gasteiger partial charge is 0.497 e. The number of ether oxygens (including phenoxy) is 2. The van der Waals surface area contributed by atoms with Crippen LogP contribution in [0.15, 0.2) is 30.3 Å². The summed E-state index contributed by atoms with van der Waals surface area (Å²) in [4.78, 5) is 25.8. The fourth-order valence-corrected chi connectivity index (χ4v) is 2.36. The van der Waals surface area contributed by atoms with Gasteiger partial charge in [-0.25, -0.2) is 0 Å². The van der Waals surface area contributed by atoms with Crippen LogP contribution in [0, 0.1) is 0 Å². The lowest BCUT2D eigenvalue weighted by molar-refractivity contribution is -0.143. The maximum Gasteiger partial charge on any atom is 0.307 e. The number of carbonyl (C=O) groups excluding carboxylic acids is 2. The number of unbranched alkanes of at least 4 members (excludes halogenated alkanes) is 2. The third kappa shape index (κ3) is 8.38. The fourth-order valence-electron chi connectivity index (χ4n) is 2.36. The quantitative estimate of drug-likeness (QED) is 0.348. The van der Waals surface area contributed by atoms with E-state index in [9.17, 15) is 9.59 Å². The van der Waals surface area contributed by atoms with E-state index in [4.69, 9.17) is 9.47 Å². The molecule has 0 spiro atoms. The standard InChI is InChI=1S/C20H29NO4/c1-4-6-7-14-21(15-13-20(23)25-5-2)19(22)12-11-17-9-8-10-18(16-17)24-3/h8-12,16H,4-7,13-15H2,1-3H3/b12-11+. The van der Waals surface area contributed by atoms with Crippen molar-refractivity contribution < 1.29 is 19.1 Å². The second kappa shape index (κ2) is 12.1. The normalized spacial score (nSPS) is 10.7. The van der Waals surface area contributed by atoms with Crippen molar-refractivity contribution in [2.24, 2.45) is 0 Å². The van der Waals surface area contributed by atoms with Gasteiger partial charge < -0.3 is 14.4 Å². The van der Waals surface area contributed by atoms with Crippen LogP contribution in [0.1, 0.15) is 45.1 Å². The van der Waals surface area contributed by atoms with Crippen molar-refractivity contribution >= 4 is 18.0 Å². The summed E-state index contributed by atoms with van der Waals surface area (Å²) < 4.78 is 10.1. The highest BCUT2D eigenvalue weighted by Crippen LogP contribution is 2.14. The number of nitrogens with zero attached hydrogens (tertiary/aromatic N) is 1. The highest BCUT2D eigenvalue weighted by Gasteiger charge is 2.13. The average Bonchev–Trinajstić information content (AvgIpc) is 2.63. The Labute approximate surface area is 150 Å². The lowest BCUT2D eigenvalue weighted by atomic mass is 10.2. The molecule has 1 aromatic carbocycles. The molecule has 0 aliphatic carbocycles. The highest BCUT2D eigenvalue weighted by molar-refractivity contribution is 5.92. The first-order valence-corrected chi connectivity index (χ1v) is 8.87. The van der Waals surface area contributed by atoms with Crippen LogP contribution in [0.4, 0.5) is 0 Å². The van der Waals surface area contributed by atoms with Crippen molar-refractivity contribution in [3.8, 4) is 5.75 Å².